The first-order valence-electron chi connectivity index (χ1n) is 6.79. The molecule has 3 nitrogen and oxygen atoms in total. The van der Waals surface area contributed by atoms with Gasteiger partial charge in [-0.15, -0.1) is 0 Å². The molecule has 0 radical (unpaired) electrons. The van der Waals surface area contributed by atoms with Crippen LogP contribution in [0.15, 0.2) is 42.5 Å². The molecule has 2 aromatic carbocycles. The third-order valence-electron chi connectivity index (χ3n) is 3.10. The highest BCUT2D eigenvalue weighted by molar-refractivity contribution is 5.45. The molecule has 2 aromatic rings. The number of benzene rings is 2. The molecule has 0 spiro atoms. The van der Waals surface area contributed by atoms with Crippen molar-refractivity contribution in [3.63, 3.8) is 0 Å². The van der Waals surface area contributed by atoms with E-state index in [0.29, 0.717) is 13.2 Å². The quantitative estimate of drug-likeness (QED) is 0.811. The van der Waals surface area contributed by atoms with Crippen molar-refractivity contribution in [2.45, 2.75) is 13.8 Å². The van der Waals surface area contributed by atoms with E-state index in [-0.39, 0.29) is 0 Å². The zero-order valence-electron chi connectivity index (χ0n) is 12.3. The average molecular weight is 271 g/mol. The lowest BCUT2D eigenvalue weighted by molar-refractivity contribution is 0.216. The van der Waals surface area contributed by atoms with Crippen molar-refractivity contribution in [1.29, 1.82) is 0 Å². The van der Waals surface area contributed by atoms with Gasteiger partial charge in [0.2, 0.25) is 0 Å². The highest BCUT2D eigenvalue weighted by Gasteiger charge is 2.00. The van der Waals surface area contributed by atoms with Gasteiger partial charge in [-0.3, -0.25) is 0 Å². The minimum absolute atomic E-state index is 0.534. The number of anilines is 1. The Balaban J connectivity index is 1.79. The van der Waals surface area contributed by atoms with Gasteiger partial charge >= 0.3 is 0 Å². The molecule has 0 aliphatic heterocycles. The Morgan fingerprint density at radius 3 is 2.30 bits per heavy atom. The normalized spacial score (nSPS) is 10.2. The Bertz CT molecular complexity index is 549. The largest absolute Gasteiger partial charge is 0.490 e. The predicted octanol–water partition coefficient (Wildman–Crippen LogP) is 3.80. The summed E-state index contributed by atoms with van der Waals surface area (Å²) in [7, 11) is 1.90. The van der Waals surface area contributed by atoms with Crippen LogP contribution in [0.2, 0.25) is 0 Å². The van der Waals surface area contributed by atoms with Crippen LogP contribution in [0, 0.1) is 13.8 Å². The second-order valence-corrected chi connectivity index (χ2v) is 4.74. The first kappa shape index (κ1) is 14.3. The summed E-state index contributed by atoms with van der Waals surface area (Å²) >= 11 is 0. The van der Waals surface area contributed by atoms with E-state index in [0.717, 1.165) is 22.7 Å². The van der Waals surface area contributed by atoms with Crippen LogP contribution < -0.4 is 14.8 Å². The molecule has 0 fully saturated rings. The Morgan fingerprint density at radius 1 is 0.900 bits per heavy atom. The number of ether oxygens (including phenoxy) is 2. The number of hydrogen-bond donors (Lipinski definition) is 1. The lowest BCUT2D eigenvalue weighted by atomic mass is 10.1. The Labute approximate surface area is 120 Å². The fourth-order valence-corrected chi connectivity index (χ4v) is 1.89. The maximum absolute atomic E-state index is 5.75. The zero-order valence-corrected chi connectivity index (χ0v) is 12.3. The molecule has 0 atom stereocenters. The van der Waals surface area contributed by atoms with E-state index < -0.39 is 0 Å². The van der Waals surface area contributed by atoms with Crippen LogP contribution in [0.3, 0.4) is 0 Å². The van der Waals surface area contributed by atoms with Gasteiger partial charge in [0.05, 0.1) is 0 Å². The van der Waals surface area contributed by atoms with E-state index in [1.54, 1.807) is 0 Å². The smallest absolute Gasteiger partial charge is 0.122 e. The molecule has 0 bridgehead atoms. The van der Waals surface area contributed by atoms with Crippen molar-refractivity contribution in [2.24, 2.45) is 0 Å². The van der Waals surface area contributed by atoms with Crippen LogP contribution in [0.5, 0.6) is 11.5 Å². The lowest BCUT2D eigenvalue weighted by Crippen LogP contribution is -2.09. The molecule has 0 heterocycles. The van der Waals surface area contributed by atoms with Gasteiger partial charge in [0, 0.05) is 12.7 Å². The standard InChI is InChI=1S/C17H21NO2/c1-13-4-5-14(2)17(12-13)20-11-10-19-16-8-6-15(18-3)7-9-16/h4-9,12,18H,10-11H2,1-3H3. The molecule has 0 unspecified atom stereocenters. The van der Waals surface area contributed by atoms with E-state index in [1.807, 2.05) is 38.2 Å². The fourth-order valence-electron chi connectivity index (χ4n) is 1.89. The average Bonchev–Trinajstić information content (AvgIpc) is 2.47. The predicted molar refractivity (Wildman–Crippen MR) is 82.9 cm³/mol. The van der Waals surface area contributed by atoms with Crippen LogP contribution in [-0.2, 0) is 0 Å². The second kappa shape index (κ2) is 6.85. The van der Waals surface area contributed by atoms with Crippen LogP contribution in [0.1, 0.15) is 11.1 Å². The molecular weight excluding hydrogens is 250 g/mol. The molecule has 0 saturated carbocycles. The van der Waals surface area contributed by atoms with E-state index in [9.17, 15) is 0 Å². The minimum atomic E-state index is 0.534. The van der Waals surface area contributed by atoms with Crippen molar-refractivity contribution in [3.05, 3.63) is 53.6 Å². The molecule has 0 aliphatic carbocycles. The van der Waals surface area contributed by atoms with E-state index in [1.165, 1.54) is 5.56 Å². The molecule has 20 heavy (non-hydrogen) atoms. The van der Waals surface area contributed by atoms with Crippen molar-refractivity contribution < 1.29 is 9.47 Å². The topological polar surface area (TPSA) is 30.5 Å². The summed E-state index contributed by atoms with van der Waals surface area (Å²) < 4.78 is 11.4. The summed E-state index contributed by atoms with van der Waals surface area (Å²) in [5.41, 5.74) is 3.42. The van der Waals surface area contributed by atoms with Gasteiger partial charge < -0.3 is 14.8 Å². The molecule has 2 rings (SSSR count). The van der Waals surface area contributed by atoms with Crippen LogP contribution in [0.25, 0.3) is 0 Å². The zero-order chi connectivity index (χ0) is 14.4. The van der Waals surface area contributed by atoms with Gasteiger partial charge in [-0.1, -0.05) is 12.1 Å². The number of aryl methyl sites for hydroxylation is 2. The van der Waals surface area contributed by atoms with Crippen molar-refractivity contribution in [3.8, 4) is 11.5 Å². The van der Waals surface area contributed by atoms with Crippen molar-refractivity contribution >= 4 is 5.69 Å². The molecular formula is C17H21NO2. The van der Waals surface area contributed by atoms with Gasteiger partial charge in [-0.25, -0.2) is 0 Å². The SMILES string of the molecule is CNc1ccc(OCCOc2cc(C)ccc2C)cc1. The summed E-state index contributed by atoms with van der Waals surface area (Å²) in [6, 6.07) is 14.1. The molecule has 0 aromatic heterocycles. The Kier molecular flexibility index (Phi) is 4.88. The third kappa shape index (κ3) is 3.92. The van der Waals surface area contributed by atoms with Gasteiger partial charge in [0.25, 0.3) is 0 Å². The lowest BCUT2D eigenvalue weighted by Gasteiger charge is -2.11. The molecule has 3 heteroatoms. The first-order valence-corrected chi connectivity index (χ1v) is 6.79. The second-order valence-electron chi connectivity index (χ2n) is 4.74. The minimum Gasteiger partial charge on any atom is -0.490 e. The highest BCUT2D eigenvalue weighted by atomic mass is 16.5. The first-order chi connectivity index (χ1) is 9.69. The van der Waals surface area contributed by atoms with Gasteiger partial charge in [0.1, 0.15) is 24.7 Å². The van der Waals surface area contributed by atoms with Crippen molar-refractivity contribution in [1.82, 2.24) is 0 Å². The summed E-state index contributed by atoms with van der Waals surface area (Å²) in [5, 5.41) is 3.07. The number of hydrogen-bond acceptors (Lipinski definition) is 3. The van der Waals surface area contributed by atoms with Crippen molar-refractivity contribution in [2.75, 3.05) is 25.6 Å². The van der Waals surface area contributed by atoms with Crippen LogP contribution in [-0.4, -0.2) is 20.3 Å². The molecule has 1 N–H and O–H groups in total. The molecule has 106 valence electrons. The maximum atomic E-state index is 5.75. The fraction of sp³-hybridized carbons (Fsp3) is 0.294. The van der Waals surface area contributed by atoms with Crippen LogP contribution >= 0.6 is 0 Å². The van der Waals surface area contributed by atoms with E-state index >= 15 is 0 Å². The summed E-state index contributed by atoms with van der Waals surface area (Å²) in [6.45, 7) is 5.18. The number of nitrogens with one attached hydrogen (secondary N) is 1. The molecule has 0 amide bonds. The van der Waals surface area contributed by atoms with Gasteiger partial charge in [0.15, 0.2) is 0 Å². The van der Waals surface area contributed by atoms with Gasteiger partial charge in [-0.2, -0.15) is 0 Å². The third-order valence-corrected chi connectivity index (χ3v) is 3.10. The van der Waals surface area contributed by atoms with E-state index in [2.05, 4.69) is 30.4 Å². The Morgan fingerprint density at radius 2 is 1.60 bits per heavy atom. The highest BCUT2D eigenvalue weighted by Crippen LogP contribution is 2.19. The van der Waals surface area contributed by atoms with Crippen LogP contribution in [0.4, 0.5) is 5.69 Å². The molecule has 0 saturated heterocycles. The summed E-state index contributed by atoms with van der Waals surface area (Å²) in [4.78, 5) is 0. The Hall–Kier alpha value is -2.16. The monoisotopic (exact) mass is 271 g/mol. The number of rotatable bonds is 6. The van der Waals surface area contributed by atoms with Gasteiger partial charge in [-0.05, 0) is 55.3 Å². The summed E-state index contributed by atoms with van der Waals surface area (Å²) in [6.07, 6.45) is 0. The maximum Gasteiger partial charge on any atom is 0.122 e. The van der Waals surface area contributed by atoms with E-state index in [4.69, 9.17) is 9.47 Å². The molecule has 0 aliphatic rings. The summed E-state index contributed by atoms with van der Waals surface area (Å²) in [5.74, 6) is 1.78.